The summed E-state index contributed by atoms with van der Waals surface area (Å²) in [7, 11) is 0. The Kier molecular flexibility index (Phi) is 3.80. The van der Waals surface area contributed by atoms with Crippen LogP contribution in [0.15, 0.2) is 59.2 Å². The average Bonchev–Trinajstić information content (AvgIpc) is 2.50. The van der Waals surface area contributed by atoms with Crippen molar-refractivity contribution in [1.29, 1.82) is 0 Å². The van der Waals surface area contributed by atoms with Gasteiger partial charge in [0.25, 0.3) is 0 Å². The van der Waals surface area contributed by atoms with Gasteiger partial charge in [-0.15, -0.1) is 0 Å². The zero-order valence-electron chi connectivity index (χ0n) is 11.7. The van der Waals surface area contributed by atoms with Crippen LogP contribution in [0.2, 0.25) is 0 Å². The average molecular weight is 342 g/mol. The van der Waals surface area contributed by atoms with Gasteiger partial charge < -0.3 is 11.1 Å². The van der Waals surface area contributed by atoms with Crippen LogP contribution >= 0.6 is 15.9 Å². The minimum atomic E-state index is 0.189. The molecule has 0 spiro atoms. The first kappa shape index (κ1) is 13.9. The number of anilines is 2. The van der Waals surface area contributed by atoms with Gasteiger partial charge in [-0.2, -0.15) is 0 Å². The van der Waals surface area contributed by atoms with E-state index in [1.165, 1.54) is 5.56 Å². The lowest BCUT2D eigenvalue weighted by molar-refractivity contribution is 0.886. The summed E-state index contributed by atoms with van der Waals surface area (Å²) in [6.45, 7) is 2.14. The Labute approximate surface area is 132 Å². The third-order valence-corrected chi connectivity index (χ3v) is 4.01. The Morgan fingerprint density at radius 2 is 2.00 bits per heavy atom. The molecule has 3 aromatic rings. The van der Waals surface area contributed by atoms with Gasteiger partial charge in [-0.25, -0.2) is 0 Å². The topological polar surface area (TPSA) is 50.9 Å². The molecule has 21 heavy (non-hydrogen) atoms. The van der Waals surface area contributed by atoms with Crippen molar-refractivity contribution in [2.45, 2.75) is 13.0 Å². The standard InChI is InChI=1S/C17H16BrN3/c1-11(12-4-2-5-13(18)10-12)21-16-8-7-15(19)17-14(16)6-3-9-20-17/h2-11,21H,19H2,1H3. The highest BCUT2D eigenvalue weighted by molar-refractivity contribution is 9.10. The van der Waals surface area contributed by atoms with Gasteiger partial charge in [0, 0.05) is 27.8 Å². The molecule has 0 saturated carbocycles. The van der Waals surface area contributed by atoms with Crippen LogP contribution in [-0.2, 0) is 0 Å². The van der Waals surface area contributed by atoms with Crippen LogP contribution in [0.3, 0.4) is 0 Å². The van der Waals surface area contributed by atoms with Crippen molar-refractivity contribution in [3.05, 3.63) is 64.8 Å². The lowest BCUT2D eigenvalue weighted by atomic mass is 10.1. The fourth-order valence-corrected chi connectivity index (χ4v) is 2.83. The smallest absolute Gasteiger partial charge is 0.0951 e. The molecule has 0 aliphatic carbocycles. The van der Waals surface area contributed by atoms with Crippen molar-refractivity contribution < 1.29 is 0 Å². The summed E-state index contributed by atoms with van der Waals surface area (Å²) in [5.74, 6) is 0. The Bertz CT molecular complexity index is 786. The third-order valence-electron chi connectivity index (χ3n) is 3.52. The van der Waals surface area contributed by atoms with Crippen molar-refractivity contribution in [3.63, 3.8) is 0 Å². The summed E-state index contributed by atoms with van der Waals surface area (Å²) in [6.07, 6.45) is 1.76. The molecular formula is C17H16BrN3. The van der Waals surface area contributed by atoms with Crippen molar-refractivity contribution in [1.82, 2.24) is 4.98 Å². The molecule has 0 radical (unpaired) electrons. The van der Waals surface area contributed by atoms with E-state index in [9.17, 15) is 0 Å². The number of pyridine rings is 1. The van der Waals surface area contributed by atoms with E-state index in [1.807, 2.05) is 36.4 Å². The molecule has 1 unspecified atom stereocenters. The fourth-order valence-electron chi connectivity index (χ4n) is 2.41. The highest BCUT2D eigenvalue weighted by atomic mass is 79.9. The first-order valence-corrected chi connectivity index (χ1v) is 7.59. The number of nitrogens with two attached hydrogens (primary N) is 1. The van der Waals surface area contributed by atoms with Gasteiger partial charge in [0.1, 0.15) is 0 Å². The predicted octanol–water partition coefficient (Wildman–Crippen LogP) is 4.75. The number of halogens is 1. The highest BCUT2D eigenvalue weighted by Crippen LogP contribution is 2.29. The Hall–Kier alpha value is -2.07. The molecule has 1 heterocycles. The summed E-state index contributed by atoms with van der Waals surface area (Å²) in [4.78, 5) is 4.36. The molecule has 0 aliphatic rings. The van der Waals surface area contributed by atoms with E-state index < -0.39 is 0 Å². The van der Waals surface area contributed by atoms with Gasteiger partial charge in [0.2, 0.25) is 0 Å². The molecular weight excluding hydrogens is 326 g/mol. The van der Waals surface area contributed by atoms with E-state index in [-0.39, 0.29) is 6.04 Å². The maximum absolute atomic E-state index is 5.99. The van der Waals surface area contributed by atoms with E-state index in [2.05, 4.69) is 45.3 Å². The maximum atomic E-state index is 5.99. The van der Waals surface area contributed by atoms with Gasteiger partial charge in [0.15, 0.2) is 0 Å². The summed E-state index contributed by atoms with van der Waals surface area (Å²) in [6, 6.07) is 16.4. The summed E-state index contributed by atoms with van der Waals surface area (Å²) in [5, 5.41) is 4.58. The van der Waals surface area contributed by atoms with Crippen LogP contribution in [-0.4, -0.2) is 4.98 Å². The number of fused-ring (bicyclic) bond motifs is 1. The van der Waals surface area contributed by atoms with E-state index in [4.69, 9.17) is 5.73 Å². The molecule has 3 rings (SSSR count). The normalized spacial score (nSPS) is 12.3. The zero-order valence-corrected chi connectivity index (χ0v) is 13.3. The molecule has 4 heteroatoms. The molecule has 0 saturated heterocycles. The number of nitrogens with zero attached hydrogens (tertiary/aromatic N) is 1. The zero-order chi connectivity index (χ0) is 14.8. The van der Waals surface area contributed by atoms with Gasteiger partial charge in [-0.05, 0) is 48.9 Å². The fraction of sp³-hybridized carbons (Fsp3) is 0.118. The van der Waals surface area contributed by atoms with Crippen LogP contribution in [0, 0.1) is 0 Å². The minimum absolute atomic E-state index is 0.189. The number of rotatable bonds is 3. The monoisotopic (exact) mass is 341 g/mol. The summed E-state index contributed by atoms with van der Waals surface area (Å²) >= 11 is 3.51. The minimum Gasteiger partial charge on any atom is -0.397 e. The van der Waals surface area contributed by atoms with Crippen molar-refractivity contribution in [2.75, 3.05) is 11.1 Å². The van der Waals surface area contributed by atoms with Crippen molar-refractivity contribution >= 4 is 38.2 Å². The lowest BCUT2D eigenvalue weighted by Gasteiger charge is -2.18. The predicted molar refractivity (Wildman–Crippen MR) is 92.3 cm³/mol. The molecule has 2 aromatic carbocycles. The number of nitrogen functional groups attached to an aromatic ring is 1. The second-order valence-electron chi connectivity index (χ2n) is 5.02. The molecule has 1 aromatic heterocycles. The number of hydrogen-bond donors (Lipinski definition) is 2. The number of hydrogen-bond acceptors (Lipinski definition) is 3. The highest BCUT2D eigenvalue weighted by Gasteiger charge is 2.09. The molecule has 3 nitrogen and oxygen atoms in total. The second-order valence-corrected chi connectivity index (χ2v) is 5.94. The number of benzene rings is 2. The number of aromatic nitrogens is 1. The molecule has 0 bridgehead atoms. The molecule has 1 atom stereocenters. The van der Waals surface area contributed by atoms with E-state index in [0.717, 1.165) is 21.1 Å². The maximum Gasteiger partial charge on any atom is 0.0951 e. The Morgan fingerprint density at radius 3 is 2.81 bits per heavy atom. The van der Waals surface area contributed by atoms with Crippen LogP contribution in [0.25, 0.3) is 10.9 Å². The summed E-state index contributed by atoms with van der Waals surface area (Å²) < 4.78 is 1.08. The second kappa shape index (κ2) is 5.74. The molecule has 106 valence electrons. The Morgan fingerprint density at radius 1 is 1.14 bits per heavy atom. The Balaban J connectivity index is 1.97. The third kappa shape index (κ3) is 2.85. The first-order valence-electron chi connectivity index (χ1n) is 6.80. The lowest BCUT2D eigenvalue weighted by Crippen LogP contribution is -2.07. The van der Waals surface area contributed by atoms with Gasteiger partial charge in [-0.3, -0.25) is 4.98 Å². The first-order chi connectivity index (χ1) is 10.1. The van der Waals surface area contributed by atoms with Gasteiger partial charge in [-0.1, -0.05) is 28.1 Å². The van der Waals surface area contributed by atoms with Gasteiger partial charge >= 0.3 is 0 Å². The largest absolute Gasteiger partial charge is 0.397 e. The SMILES string of the molecule is CC(Nc1ccc(N)c2ncccc12)c1cccc(Br)c1. The van der Waals surface area contributed by atoms with Gasteiger partial charge in [0.05, 0.1) is 11.2 Å². The number of nitrogens with one attached hydrogen (secondary N) is 1. The van der Waals surface area contributed by atoms with Crippen LogP contribution in [0.1, 0.15) is 18.5 Å². The van der Waals surface area contributed by atoms with Crippen LogP contribution in [0.5, 0.6) is 0 Å². The van der Waals surface area contributed by atoms with Crippen LogP contribution < -0.4 is 11.1 Å². The van der Waals surface area contributed by atoms with E-state index in [0.29, 0.717) is 5.69 Å². The molecule has 3 N–H and O–H groups in total. The molecule has 0 fully saturated rings. The summed E-state index contributed by atoms with van der Waals surface area (Å²) in [5.41, 5.74) is 9.79. The molecule has 0 amide bonds. The molecule has 0 aliphatic heterocycles. The van der Waals surface area contributed by atoms with Crippen molar-refractivity contribution in [2.24, 2.45) is 0 Å². The van der Waals surface area contributed by atoms with Crippen LogP contribution in [0.4, 0.5) is 11.4 Å². The van der Waals surface area contributed by atoms with E-state index in [1.54, 1.807) is 6.20 Å². The van der Waals surface area contributed by atoms with Crippen molar-refractivity contribution in [3.8, 4) is 0 Å². The quantitative estimate of drug-likeness (QED) is 0.675. The van der Waals surface area contributed by atoms with E-state index >= 15 is 0 Å².